The molecule has 11 heteroatoms. The number of hydrogen-bond donors (Lipinski definition) is 2. The second-order valence-corrected chi connectivity index (χ2v) is 16.1. The van der Waals surface area contributed by atoms with Crippen molar-refractivity contribution in [2.45, 2.75) is 185 Å². The minimum atomic E-state index is -2.20. The molecule has 3 saturated heterocycles. The Morgan fingerprint density at radius 2 is 1.66 bits per heavy atom. The lowest BCUT2D eigenvalue weighted by molar-refractivity contribution is -0.327. The predicted octanol–water partition coefficient (Wildman–Crippen LogP) is 6.88. The molecule has 9 atom stereocenters. The summed E-state index contributed by atoms with van der Waals surface area (Å²) in [6, 6.07) is 0. The molecular formula is C42H64O11. The average Bonchev–Trinajstić information content (AvgIpc) is 3.07. The Morgan fingerprint density at radius 1 is 0.981 bits per heavy atom. The minimum Gasteiger partial charge on any atom is -0.466 e. The topological polar surface area (TPSA) is 147 Å². The van der Waals surface area contributed by atoms with Crippen molar-refractivity contribution in [1.82, 2.24) is 0 Å². The first-order valence-corrected chi connectivity index (χ1v) is 19.7. The Morgan fingerprint density at radius 3 is 2.36 bits per heavy atom. The van der Waals surface area contributed by atoms with Crippen molar-refractivity contribution < 1.29 is 53.0 Å². The minimum absolute atomic E-state index is 0.00258. The predicted molar refractivity (Wildman–Crippen MR) is 199 cm³/mol. The summed E-state index contributed by atoms with van der Waals surface area (Å²) in [5, 5.41) is 23.5. The molecule has 11 nitrogen and oxygen atoms in total. The lowest BCUT2D eigenvalue weighted by Crippen LogP contribution is -2.62. The van der Waals surface area contributed by atoms with E-state index in [4.69, 9.17) is 28.4 Å². The standard InChI is InChI=1S/C42H64O11/c1-8-9-10-11-12-15-38(45)52-40-30(24-39(46)48-7)23-35-26-36(29(4)43)51-37(44)16-13-14-31-19-27(2)21-33(49-31)25-34-22-28(3)20-32(50-34)17-18-41(5,6)42(40,47)53-35/h17-18,24,29,31-36,40,43,47H,2-3,8-16,19-23,25-26H2,1,4-7H3/b18-17+,30-24+/t29-,31-,32+,33-,34+,35+,36-,40+,42-/m1/s1. The van der Waals surface area contributed by atoms with Crippen LogP contribution in [0.1, 0.15) is 130 Å². The summed E-state index contributed by atoms with van der Waals surface area (Å²) >= 11 is 0. The number of hydrogen-bond acceptors (Lipinski definition) is 11. The number of unbranched alkanes of at least 4 members (excludes halogenated alkanes) is 4. The van der Waals surface area contributed by atoms with Crippen LogP contribution in [0.4, 0.5) is 0 Å². The maximum Gasteiger partial charge on any atom is 0.330 e. The molecular weight excluding hydrogens is 680 g/mol. The van der Waals surface area contributed by atoms with Crippen LogP contribution in [-0.2, 0) is 42.8 Å². The van der Waals surface area contributed by atoms with E-state index in [2.05, 4.69) is 20.1 Å². The summed E-state index contributed by atoms with van der Waals surface area (Å²) in [5.74, 6) is -3.88. The van der Waals surface area contributed by atoms with Crippen molar-refractivity contribution in [3.8, 4) is 0 Å². The second-order valence-electron chi connectivity index (χ2n) is 16.1. The maximum absolute atomic E-state index is 13.4. The van der Waals surface area contributed by atoms with Gasteiger partial charge < -0.3 is 38.6 Å². The van der Waals surface area contributed by atoms with Crippen LogP contribution in [0.5, 0.6) is 0 Å². The molecule has 0 aromatic rings. The summed E-state index contributed by atoms with van der Waals surface area (Å²) in [7, 11) is 1.25. The van der Waals surface area contributed by atoms with Gasteiger partial charge in [-0.2, -0.15) is 0 Å². The van der Waals surface area contributed by atoms with Gasteiger partial charge in [0.2, 0.25) is 5.79 Å². The highest BCUT2D eigenvalue weighted by atomic mass is 16.7. The van der Waals surface area contributed by atoms with Crippen LogP contribution in [0.3, 0.4) is 0 Å². The average molecular weight is 745 g/mol. The molecule has 298 valence electrons. The zero-order valence-corrected chi connectivity index (χ0v) is 32.6. The van der Waals surface area contributed by atoms with Crippen LogP contribution in [0.15, 0.2) is 48.1 Å². The Kier molecular flexibility index (Phi) is 15.9. The van der Waals surface area contributed by atoms with Gasteiger partial charge >= 0.3 is 17.9 Å². The lowest BCUT2D eigenvalue weighted by atomic mass is 9.74. The molecule has 0 saturated carbocycles. The number of carbonyl (C=O) groups excluding carboxylic acids is 3. The fraction of sp³-hybridized carbons (Fsp3) is 0.738. The second kappa shape index (κ2) is 19.7. The van der Waals surface area contributed by atoms with Gasteiger partial charge in [0, 0.05) is 37.2 Å². The molecule has 4 aliphatic rings. The van der Waals surface area contributed by atoms with Gasteiger partial charge in [-0.15, -0.1) is 0 Å². The third kappa shape index (κ3) is 12.3. The number of esters is 3. The van der Waals surface area contributed by atoms with E-state index in [1.807, 2.05) is 6.08 Å². The number of aliphatic hydroxyl groups excluding tert-OH is 1. The lowest BCUT2D eigenvalue weighted by Gasteiger charge is -2.51. The summed E-state index contributed by atoms with van der Waals surface area (Å²) in [6.07, 6.45) is 9.62. The van der Waals surface area contributed by atoms with E-state index >= 15 is 0 Å². The Bertz CT molecular complexity index is 1350. The van der Waals surface area contributed by atoms with Gasteiger partial charge in [-0.05, 0) is 63.9 Å². The molecule has 0 aromatic carbocycles. The van der Waals surface area contributed by atoms with Crippen molar-refractivity contribution in [2.24, 2.45) is 5.41 Å². The van der Waals surface area contributed by atoms with Gasteiger partial charge in [0.05, 0.1) is 43.7 Å². The quantitative estimate of drug-likeness (QED) is 0.0837. The van der Waals surface area contributed by atoms with Gasteiger partial charge in [-0.1, -0.05) is 82.9 Å². The molecule has 0 radical (unpaired) electrons. The number of ether oxygens (including phenoxy) is 6. The molecule has 3 fully saturated rings. The van der Waals surface area contributed by atoms with E-state index in [1.54, 1.807) is 19.9 Å². The van der Waals surface area contributed by atoms with E-state index in [1.165, 1.54) is 20.1 Å². The van der Waals surface area contributed by atoms with Crippen molar-refractivity contribution in [2.75, 3.05) is 7.11 Å². The number of fused-ring (bicyclic) bond motifs is 6. The third-order valence-corrected chi connectivity index (χ3v) is 10.9. The smallest absolute Gasteiger partial charge is 0.330 e. The van der Waals surface area contributed by atoms with Crippen molar-refractivity contribution in [3.05, 3.63) is 48.1 Å². The highest BCUT2D eigenvalue weighted by Crippen LogP contribution is 2.47. The third-order valence-electron chi connectivity index (χ3n) is 10.9. The van der Waals surface area contributed by atoms with E-state index in [0.29, 0.717) is 44.1 Å². The molecule has 0 unspecified atom stereocenters. The Balaban J connectivity index is 1.72. The van der Waals surface area contributed by atoms with Gasteiger partial charge in [0.1, 0.15) is 6.10 Å². The molecule has 2 N–H and O–H groups in total. The van der Waals surface area contributed by atoms with Crippen LogP contribution >= 0.6 is 0 Å². The monoisotopic (exact) mass is 744 g/mol. The number of rotatable bonds is 9. The number of methoxy groups -OCH3 is 1. The molecule has 0 aliphatic carbocycles. The molecule has 6 bridgehead atoms. The zero-order valence-electron chi connectivity index (χ0n) is 32.6. The van der Waals surface area contributed by atoms with E-state index in [-0.39, 0.29) is 50.1 Å². The number of aliphatic hydroxyl groups is 2. The Labute approximate surface area is 316 Å². The first-order valence-electron chi connectivity index (χ1n) is 19.7. The number of cyclic esters (lactones) is 1. The molecule has 0 aromatic heterocycles. The van der Waals surface area contributed by atoms with Crippen LogP contribution < -0.4 is 0 Å². The van der Waals surface area contributed by atoms with Gasteiger partial charge in [0.15, 0.2) is 6.10 Å². The molecule has 53 heavy (non-hydrogen) atoms. The van der Waals surface area contributed by atoms with E-state index in [9.17, 15) is 24.6 Å². The van der Waals surface area contributed by atoms with Crippen LogP contribution in [0, 0.1) is 5.41 Å². The van der Waals surface area contributed by atoms with Crippen LogP contribution in [-0.4, -0.2) is 89.8 Å². The van der Waals surface area contributed by atoms with Crippen molar-refractivity contribution >= 4 is 17.9 Å². The normalized spacial score (nSPS) is 34.7. The van der Waals surface area contributed by atoms with Crippen LogP contribution in [0.2, 0.25) is 0 Å². The summed E-state index contributed by atoms with van der Waals surface area (Å²) in [6.45, 7) is 15.8. The van der Waals surface area contributed by atoms with Crippen molar-refractivity contribution in [1.29, 1.82) is 0 Å². The zero-order chi connectivity index (χ0) is 38.8. The molecule has 4 aliphatic heterocycles. The maximum atomic E-state index is 13.4. The fourth-order valence-corrected chi connectivity index (χ4v) is 7.92. The highest BCUT2D eigenvalue weighted by Gasteiger charge is 2.57. The SMILES string of the molecule is C=C1C[C@H]2CCCC(=O)O[C@@H]([C@@H](C)O)C[C@@H]3C/C(=C\C(=O)OC)[C@H](OC(=O)CCCCCCC)[C@@](O)(O3)C(C)(C)/C=C/[C@H]3CC(=C)C[C@@H](C[C@@H](C1)O2)O3. The first-order chi connectivity index (χ1) is 25.1. The van der Waals surface area contributed by atoms with Gasteiger partial charge in [-0.3, -0.25) is 9.59 Å². The molecule has 0 amide bonds. The molecule has 0 spiro atoms. The van der Waals surface area contributed by atoms with E-state index < -0.39 is 53.5 Å². The fourth-order valence-electron chi connectivity index (χ4n) is 7.92. The largest absolute Gasteiger partial charge is 0.466 e. The van der Waals surface area contributed by atoms with Crippen LogP contribution in [0.25, 0.3) is 0 Å². The van der Waals surface area contributed by atoms with Gasteiger partial charge in [0.25, 0.3) is 0 Å². The first kappa shape index (κ1) is 42.9. The van der Waals surface area contributed by atoms with Crippen molar-refractivity contribution in [3.63, 3.8) is 0 Å². The summed E-state index contributed by atoms with van der Waals surface area (Å²) in [5.41, 5.74) is 1.22. The highest BCUT2D eigenvalue weighted by molar-refractivity contribution is 5.83. The molecule has 4 rings (SSSR count). The van der Waals surface area contributed by atoms with Gasteiger partial charge in [-0.25, -0.2) is 4.79 Å². The Hall–Kier alpha value is -2.83. The summed E-state index contributed by atoms with van der Waals surface area (Å²) in [4.78, 5) is 39.2. The van der Waals surface area contributed by atoms with E-state index in [0.717, 1.165) is 49.7 Å². The number of carbonyl (C=O) groups is 3. The summed E-state index contributed by atoms with van der Waals surface area (Å²) < 4.78 is 36.4. The molecule has 4 heterocycles.